The van der Waals surface area contributed by atoms with Gasteiger partial charge in [0, 0.05) is 5.56 Å². The van der Waals surface area contributed by atoms with Crippen molar-refractivity contribution in [1.82, 2.24) is 0 Å². The first kappa shape index (κ1) is 37.1. The van der Waals surface area contributed by atoms with Crippen molar-refractivity contribution in [2.24, 2.45) is 0 Å². The summed E-state index contributed by atoms with van der Waals surface area (Å²) < 4.78 is 38.5. The van der Waals surface area contributed by atoms with Crippen LogP contribution in [-0.4, -0.2) is 31.4 Å². The first-order chi connectivity index (χ1) is 24.1. The summed E-state index contributed by atoms with van der Waals surface area (Å²) in [5.41, 5.74) is 6.28. The highest BCUT2D eigenvalue weighted by molar-refractivity contribution is 9.10. The normalized spacial score (nSPS) is 9.86. The number of benzene rings is 6. The second-order valence-corrected chi connectivity index (χ2v) is 11.4. The van der Waals surface area contributed by atoms with Crippen molar-refractivity contribution < 1.29 is 28.3 Å². The summed E-state index contributed by atoms with van der Waals surface area (Å²) >= 11 is 3.13. The number of ether oxygens (including phenoxy) is 2. The number of methoxy groups -OCH3 is 2. The molecular formula is C40H30BBrF2N2O4. The van der Waals surface area contributed by atoms with Crippen LogP contribution in [0.15, 0.2) is 138 Å². The van der Waals surface area contributed by atoms with Crippen LogP contribution in [0.1, 0.15) is 11.1 Å². The van der Waals surface area contributed by atoms with Gasteiger partial charge in [-0.1, -0.05) is 66.7 Å². The minimum absolute atomic E-state index is 0.256. The molecule has 0 fully saturated rings. The van der Waals surface area contributed by atoms with Gasteiger partial charge in [0.2, 0.25) is 0 Å². The molecule has 0 bridgehead atoms. The molecule has 0 heterocycles. The molecule has 0 aliphatic carbocycles. The highest BCUT2D eigenvalue weighted by atomic mass is 79.9. The van der Waals surface area contributed by atoms with Crippen molar-refractivity contribution in [3.8, 4) is 57.0 Å². The minimum atomic E-state index is -1.46. The van der Waals surface area contributed by atoms with Crippen molar-refractivity contribution in [1.29, 1.82) is 10.5 Å². The summed E-state index contributed by atoms with van der Waals surface area (Å²) in [6.45, 7) is 0. The Bertz CT molecular complexity index is 2100. The zero-order valence-corrected chi connectivity index (χ0v) is 28.6. The third-order valence-corrected chi connectivity index (χ3v) is 8.04. The number of nitriles is 2. The number of rotatable bonds is 6. The fourth-order valence-electron chi connectivity index (χ4n) is 4.63. The molecule has 2 N–H and O–H groups in total. The summed E-state index contributed by atoms with van der Waals surface area (Å²) in [7, 11) is 1.78. The van der Waals surface area contributed by atoms with Gasteiger partial charge in [0.1, 0.15) is 23.1 Å². The third kappa shape index (κ3) is 10.1. The molecule has 248 valence electrons. The van der Waals surface area contributed by atoms with Gasteiger partial charge < -0.3 is 19.5 Å². The Morgan fingerprint density at radius 3 is 1.34 bits per heavy atom. The van der Waals surface area contributed by atoms with Gasteiger partial charge in [0.25, 0.3) is 0 Å². The minimum Gasteiger partial charge on any atom is -0.497 e. The molecule has 0 aliphatic heterocycles. The molecule has 0 radical (unpaired) electrons. The van der Waals surface area contributed by atoms with Crippen LogP contribution >= 0.6 is 15.9 Å². The fraction of sp³-hybridized carbons (Fsp3) is 0.0500. The number of hydrogen-bond donors (Lipinski definition) is 2. The number of halogens is 3. The molecule has 6 nitrogen and oxygen atoms in total. The lowest BCUT2D eigenvalue weighted by Crippen LogP contribution is -2.29. The second-order valence-electron chi connectivity index (χ2n) is 10.6. The van der Waals surface area contributed by atoms with E-state index in [0.29, 0.717) is 26.6 Å². The molecule has 0 aliphatic rings. The van der Waals surface area contributed by atoms with Gasteiger partial charge in [-0.15, -0.1) is 0 Å². The highest BCUT2D eigenvalue weighted by Gasteiger charge is 2.10. The van der Waals surface area contributed by atoms with E-state index in [9.17, 15) is 8.78 Å². The molecule has 10 heteroatoms. The van der Waals surface area contributed by atoms with Gasteiger partial charge in [0.15, 0.2) is 0 Å². The van der Waals surface area contributed by atoms with E-state index < -0.39 is 7.12 Å². The van der Waals surface area contributed by atoms with E-state index in [0.717, 1.165) is 39.3 Å². The first-order valence-corrected chi connectivity index (χ1v) is 15.8. The zero-order chi connectivity index (χ0) is 36.0. The molecule has 6 aromatic carbocycles. The van der Waals surface area contributed by atoms with E-state index in [1.165, 1.54) is 36.4 Å². The molecule has 0 unspecified atom stereocenters. The maximum Gasteiger partial charge on any atom is 0.488 e. The van der Waals surface area contributed by atoms with E-state index in [4.69, 9.17) is 30.0 Å². The van der Waals surface area contributed by atoms with Crippen molar-refractivity contribution in [3.05, 3.63) is 161 Å². The van der Waals surface area contributed by atoms with Crippen molar-refractivity contribution in [3.63, 3.8) is 0 Å². The zero-order valence-electron chi connectivity index (χ0n) is 27.0. The van der Waals surface area contributed by atoms with E-state index >= 15 is 0 Å². The highest BCUT2D eigenvalue weighted by Crippen LogP contribution is 2.29. The molecule has 0 saturated heterocycles. The van der Waals surface area contributed by atoms with Crippen LogP contribution in [0.4, 0.5) is 8.78 Å². The fourth-order valence-corrected chi connectivity index (χ4v) is 4.87. The largest absolute Gasteiger partial charge is 0.497 e. The average Bonchev–Trinajstić information content (AvgIpc) is 3.16. The predicted molar refractivity (Wildman–Crippen MR) is 196 cm³/mol. The van der Waals surface area contributed by atoms with Crippen LogP contribution in [0.25, 0.3) is 33.4 Å². The lowest BCUT2D eigenvalue weighted by molar-refractivity contribution is 0.415. The maximum atomic E-state index is 14.5. The number of nitrogens with zero attached hydrogens (tertiary/aromatic N) is 2. The SMILES string of the molecule is COc1ccc(-c2ccc(-c3ccc(C#N)cc3)c(F)c2)cc1.COc1ccc(-c2ccc(Br)c(F)c2)cc1.N#Cc1ccc(B(O)O)cc1. The molecule has 6 rings (SSSR count). The Morgan fingerprint density at radius 1 is 0.540 bits per heavy atom. The van der Waals surface area contributed by atoms with Crippen LogP contribution in [0, 0.1) is 34.3 Å². The van der Waals surface area contributed by atoms with Crippen LogP contribution in [0.2, 0.25) is 0 Å². The van der Waals surface area contributed by atoms with E-state index in [1.807, 2.05) is 66.7 Å². The van der Waals surface area contributed by atoms with Gasteiger partial charge >= 0.3 is 7.12 Å². The van der Waals surface area contributed by atoms with E-state index in [-0.39, 0.29) is 11.6 Å². The average molecular weight is 731 g/mol. The quantitative estimate of drug-likeness (QED) is 0.167. The smallest absolute Gasteiger partial charge is 0.488 e. The van der Waals surface area contributed by atoms with Gasteiger partial charge in [-0.2, -0.15) is 10.5 Å². The third-order valence-electron chi connectivity index (χ3n) is 7.40. The molecular weight excluding hydrogens is 701 g/mol. The molecule has 50 heavy (non-hydrogen) atoms. The molecule has 0 saturated carbocycles. The van der Waals surface area contributed by atoms with Gasteiger partial charge in [0.05, 0.1) is 42.0 Å². The molecule has 0 amide bonds. The van der Waals surface area contributed by atoms with E-state index in [2.05, 4.69) is 22.0 Å². The lowest BCUT2D eigenvalue weighted by Gasteiger charge is -2.08. The Balaban J connectivity index is 0.000000181. The molecule has 0 aromatic heterocycles. The van der Waals surface area contributed by atoms with Crippen LogP contribution < -0.4 is 14.9 Å². The lowest BCUT2D eigenvalue weighted by atomic mass is 9.80. The Kier molecular flexibility index (Phi) is 13.4. The Morgan fingerprint density at radius 2 is 0.940 bits per heavy atom. The summed E-state index contributed by atoms with van der Waals surface area (Å²) in [6.07, 6.45) is 0. The van der Waals surface area contributed by atoms with Crippen molar-refractivity contribution >= 4 is 28.5 Å². The molecule has 0 spiro atoms. The number of hydrogen-bond acceptors (Lipinski definition) is 6. The summed E-state index contributed by atoms with van der Waals surface area (Å²) in [5.74, 6) is 1.01. The monoisotopic (exact) mass is 730 g/mol. The summed E-state index contributed by atoms with van der Waals surface area (Å²) in [5, 5.41) is 34.5. The van der Waals surface area contributed by atoms with Crippen LogP contribution in [-0.2, 0) is 0 Å². The Labute approximate surface area is 298 Å². The topological polar surface area (TPSA) is 106 Å². The standard InChI is InChI=1S/C20H14FNO.C13H10BrFO.C7H6BNO2/c1-23-18-9-6-15(7-10-18)17-8-11-19(20(21)12-17)16-4-2-14(13-22)3-5-16;1-16-11-5-2-9(3-6-11)10-4-7-12(14)13(15)8-10;9-5-6-1-3-7(4-2-6)8(10)11/h2-12H,1H3;2-8H,1H3;1-4,10-11H. The van der Waals surface area contributed by atoms with Crippen molar-refractivity contribution in [2.45, 2.75) is 0 Å². The second kappa shape index (κ2) is 18.1. The van der Waals surface area contributed by atoms with Crippen LogP contribution in [0.3, 0.4) is 0 Å². The Hall–Kier alpha value is -5.78. The first-order valence-electron chi connectivity index (χ1n) is 15.1. The molecule has 0 atom stereocenters. The molecule has 6 aromatic rings. The van der Waals surface area contributed by atoms with Crippen LogP contribution in [0.5, 0.6) is 11.5 Å². The summed E-state index contributed by atoms with van der Waals surface area (Å²) in [4.78, 5) is 0. The predicted octanol–water partition coefficient (Wildman–Crippen LogP) is 8.54. The van der Waals surface area contributed by atoms with Gasteiger partial charge in [-0.05, 0) is 116 Å². The maximum absolute atomic E-state index is 14.5. The summed E-state index contributed by atoms with van der Waals surface area (Å²) in [6, 6.07) is 42.2. The van der Waals surface area contributed by atoms with Crippen molar-refractivity contribution in [2.75, 3.05) is 14.2 Å². The van der Waals surface area contributed by atoms with Gasteiger partial charge in [-0.25, -0.2) is 8.78 Å². The van der Waals surface area contributed by atoms with E-state index in [1.54, 1.807) is 50.6 Å². The van der Waals surface area contributed by atoms with Gasteiger partial charge in [-0.3, -0.25) is 0 Å².